The van der Waals surface area contributed by atoms with Gasteiger partial charge in [0, 0.05) is 35.9 Å². The molecular weight excluding hydrogens is 330 g/mol. The van der Waals surface area contributed by atoms with Crippen molar-refractivity contribution < 1.29 is 14.3 Å². The minimum absolute atomic E-state index is 0.105. The molecule has 134 valence electrons. The first kappa shape index (κ1) is 17.7. The number of carbonyl (C=O) groups is 1. The predicted octanol–water partition coefficient (Wildman–Crippen LogP) is 3.43. The number of ether oxygens (including phenoxy) is 2. The Kier molecular flexibility index (Phi) is 5.02. The highest BCUT2D eigenvalue weighted by molar-refractivity contribution is 6.15. The van der Waals surface area contributed by atoms with Crippen molar-refractivity contribution in [3.05, 3.63) is 53.1 Å². The zero-order valence-electron chi connectivity index (χ0n) is 15.3. The third kappa shape index (κ3) is 3.59. The lowest BCUT2D eigenvalue weighted by molar-refractivity contribution is -0.114. The number of nitrogens with zero attached hydrogens (tertiary/aromatic N) is 2. The third-order valence-corrected chi connectivity index (χ3v) is 4.11. The van der Waals surface area contributed by atoms with E-state index in [1.165, 1.54) is 6.92 Å². The number of methoxy groups -OCH3 is 2. The SMILES string of the molecule is COc1cc2c(cc1OC)C(c1ccc(NC(C)=O)cc1)=NN=C(C)C2. The normalized spacial score (nSPS) is 13.1. The molecule has 1 aliphatic heterocycles. The highest BCUT2D eigenvalue weighted by Crippen LogP contribution is 2.33. The minimum atomic E-state index is -0.105. The fourth-order valence-corrected chi connectivity index (χ4v) is 2.92. The van der Waals surface area contributed by atoms with E-state index in [0.29, 0.717) is 17.9 Å². The fraction of sp³-hybridized carbons (Fsp3) is 0.250. The van der Waals surface area contributed by atoms with E-state index in [-0.39, 0.29) is 5.91 Å². The van der Waals surface area contributed by atoms with Gasteiger partial charge in [-0.3, -0.25) is 4.79 Å². The average molecular weight is 351 g/mol. The second-order valence-corrected chi connectivity index (χ2v) is 6.08. The Morgan fingerprint density at radius 2 is 1.69 bits per heavy atom. The summed E-state index contributed by atoms with van der Waals surface area (Å²) in [5.41, 5.74) is 5.35. The Labute approximate surface area is 152 Å². The summed E-state index contributed by atoms with van der Waals surface area (Å²) in [4.78, 5) is 11.2. The molecule has 0 aliphatic carbocycles. The molecule has 0 saturated heterocycles. The lowest BCUT2D eigenvalue weighted by Gasteiger charge is -2.15. The van der Waals surface area contributed by atoms with Gasteiger partial charge in [-0.25, -0.2) is 0 Å². The number of benzene rings is 2. The monoisotopic (exact) mass is 351 g/mol. The number of hydrogen-bond donors (Lipinski definition) is 1. The van der Waals surface area contributed by atoms with Gasteiger partial charge in [0.15, 0.2) is 11.5 Å². The largest absolute Gasteiger partial charge is 0.493 e. The third-order valence-electron chi connectivity index (χ3n) is 4.11. The van der Waals surface area contributed by atoms with Gasteiger partial charge in [-0.1, -0.05) is 12.1 Å². The van der Waals surface area contributed by atoms with Crippen LogP contribution in [0.4, 0.5) is 5.69 Å². The number of carbonyl (C=O) groups excluding carboxylic acids is 1. The van der Waals surface area contributed by atoms with E-state index in [2.05, 4.69) is 15.5 Å². The minimum Gasteiger partial charge on any atom is -0.493 e. The zero-order chi connectivity index (χ0) is 18.7. The summed E-state index contributed by atoms with van der Waals surface area (Å²) in [6.45, 7) is 3.43. The van der Waals surface area contributed by atoms with Gasteiger partial charge < -0.3 is 14.8 Å². The summed E-state index contributed by atoms with van der Waals surface area (Å²) in [6, 6.07) is 11.4. The second kappa shape index (κ2) is 7.39. The highest BCUT2D eigenvalue weighted by Gasteiger charge is 2.19. The topological polar surface area (TPSA) is 72.3 Å². The van der Waals surface area contributed by atoms with E-state index < -0.39 is 0 Å². The molecule has 0 unspecified atom stereocenters. The molecule has 1 amide bonds. The molecule has 0 bridgehead atoms. The molecule has 1 N–H and O–H groups in total. The zero-order valence-corrected chi connectivity index (χ0v) is 15.3. The van der Waals surface area contributed by atoms with Crippen molar-refractivity contribution in [2.75, 3.05) is 19.5 Å². The van der Waals surface area contributed by atoms with E-state index in [4.69, 9.17) is 9.47 Å². The van der Waals surface area contributed by atoms with Gasteiger partial charge in [0.25, 0.3) is 0 Å². The van der Waals surface area contributed by atoms with Crippen LogP contribution < -0.4 is 14.8 Å². The highest BCUT2D eigenvalue weighted by atomic mass is 16.5. The van der Waals surface area contributed by atoms with Crippen LogP contribution in [0.15, 0.2) is 46.6 Å². The molecule has 6 nitrogen and oxygen atoms in total. The Balaban J connectivity index is 2.09. The van der Waals surface area contributed by atoms with Crippen molar-refractivity contribution in [1.82, 2.24) is 0 Å². The standard InChI is InChI=1S/C20H21N3O3/c1-12-9-15-10-18(25-3)19(26-4)11-17(15)20(23-22-12)14-5-7-16(8-6-14)21-13(2)24/h5-8,10-11H,9H2,1-4H3,(H,21,24). The average Bonchev–Trinajstić information content (AvgIpc) is 2.78. The predicted molar refractivity (Wildman–Crippen MR) is 103 cm³/mol. The van der Waals surface area contributed by atoms with Crippen molar-refractivity contribution in [3.63, 3.8) is 0 Å². The van der Waals surface area contributed by atoms with Crippen LogP contribution in [0.3, 0.4) is 0 Å². The number of hydrogen-bond acceptors (Lipinski definition) is 5. The number of nitrogens with one attached hydrogen (secondary N) is 1. The first-order valence-corrected chi connectivity index (χ1v) is 8.26. The van der Waals surface area contributed by atoms with E-state index in [9.17, 15) is 4.79 Å². The fourth-order valence-electron chi connectivity index (χ4n) is 2.92. The first-order chi connectivity index (χ1) is 12.5. The summed E-state index contributed by atoms with van der Waals surface area (Å²) < 4.78 is 10.9. The van der Waals surface area contributed by atoms with Gasteiger partial charge in [0.2, 0.25) is 5.91 Å². The molecule has 6 heteroatoms. The number of anilines is 1. The maximum atomic E-state index is 11.2. The lowest BCUT2D eigenvalue weighted by Crippen LogP contribution is -2.09. The summed E-state index contributed by atoms with van der Waals surface area (Å²) >= 11 is 0. The Morgan fingerprint density at radius 3 is 2.31 bits per heavy atom. The maximum absolute atomic E-state index is 11.2. The van der Waals surface area contributed by atoms with Crippen LogP contribution in [-0.4, -0.2) is 31.6 Å². The molecule has 1 aliphatic rings. The van der Waals surface area contributed by atoms with Crippen LogP contribution >= 0.6 is 0 Å². The molecule has 0 radical (unpaired) electrons. The smallest absolute Gasteiger partial charge is 0.221 e. The van der Waals surface area contributed by atoms with Gasteiger partial charge in [-0.05, 0) is 36.8 Å². The van der Waals surface area contributed by atoms with Crippen LogP contribution in [0.5, 0.6) is 11.5 Å². The van der Waals surface area contributed by atoms with Crippen LogP contribution in [-0.2, 0) is 11.2 Å². The summed E-state index contributed by atoms with van der Waals surface area (Å²) in [5, 5.41) is 11.6. The molecule has 2 aromatic rings. The Hall–Kier alpha value is -3.15. The van der Waals surface area contributed by atoms with Crippen LogP contribution in [0.1, 0.15) is 30.5 Å². The Bertz CT molecular complexity index is 899. The number of rotatable bonds is 4. The van der Waals surface area contributed by atoms with Crippen molar-refractivity contribution in [2.24, 2.45) is 10.2 Å². The van der Waals surface area contributed by atoms with E-state index >= 15 is 0 Å². The second-order valence-electron chi connectivity index (χ2n) is 6.08. The maximum Gasteiger partial charge on any atom is 0.221 e. The van der Waals surface area contributed by atoms with Gasteiger partial charge in [-0.2, -0.15) is 5.10 Å². The molecule has 2 aromatic carbocycles. The molecule has 3 rings (SSSR count). The quantitative estimate of drug-likeness (QED) is 0.917. The van der Waals surface area contributed by atoms with Crippen molar-refractivity contribution in [3.8, 4) is 11.5 Å². The molecule has 0 atom stereocenters. The molecule has 1 heterocycles. The lowest BCUT2D eigenvalue weighted by atomic mass is 9.94. The van der Waals surface area contributed by atoms with E-state index in [1.807, 2.05) is 43.3 Å². The van der Waals surface area contributed by atoms with E-state index in [0.717, 1.165) is 33.8 Å². The molecular formula is C20H21N3O3. The first-order valence-electron chi connectivity index (χ1n) is 8.26. The molecule has 26 heavy (non-hydrogen) atoms. The number of amides is 1. The van der Waals surface area contributed by atoms with Crippen molar-refractivity contribution >= 4 is 23.0 Å². The van der Waals surface area contributed by atoms with Gasteiger partial charge in [0.05, 0.1) is 14.2 Å². The van der Waals surface area contributed by atoms with E-state index in [1.54, 1.807) is 14.2 Å². The van der Waals surface area contributed by atoms with Crippen LogP contribution in [0.2, 0.25) is 0 Å². The van der Waals surface area contributed by atoms with Gasteiger partial charge in [-0.15, -0.1) is 5.10 Å². The van der Waals surface area contributed by atoms with Gasteiger partial charge in [0.1, 0.15) is 5.71 Å². The van der Waals surface area contributed by atoms with Gasteiger partial charge >= 0.3 is 0 Å². The molecule has 0 aromatic heterocycles. The Morgan fingerprint density at radius 1 is 1.04 bits per heavy atom. The van der Waals surface area contributed by atoms with Crippen molar-refractivity contribution in [1.29, 1.82) is 0 Å². The summed E-state index contributed by atoms with van der Waals surface area (Å²) in [7, 11) is 3.24. The summed E-state index contributed by atoms with van der Waals surface area (Å²) in [6.07, 6.45) is 0.687. The van der Waals surface area contributed by atoms with Crippen LogP contribution in [0, 0.1) is 0 Å². The van der Waals surface area contributed by atoms with Crippen molar-refractivity contribution in [2.45, 2.75) is 20.3 Å². The summed E-state index contributed by atoms with van der Waals surface area (Å²) in [5.74, 6) is 1.22. The molecule has 0 spiro atoms. The molecule has 0 fully saturated rings. The number of fused-ring (bicyclic) bond motifs is 1. The molecule has 0 saturated carbocycles. The van der Waals surface area contributed by atoms with Crippen LogP contribution in [0.25, 0.3) is 0 Å².